The molecular formula is C33H27FN2O4. The SMILES string of the molecule is CCOc1ccccc1/C=C/C(=O)c1ccc(NC(=O)/C(=C/c2ccccc2F)NC(=O)c2ccccc2)cc1. The number of carbonyl (C=O) groups is 3. The fourth-order valence-corrected chi connectivity index (χ4v) is 3.77. The third kappa shape index (κ3) is 7.39. The van der Waals surface area contributed by atoms with E-state index in [9.17, 15) is 18.8 Å². The Morgan fingerprint density at radius 1 is 0.775 bits per heavy atom. The molecule has 0 heterocycles. The topological polar surface area (TPSA) is 84.5 Å². The molecule has 40 heavy (non-hydrogen) atoms. The summed E-state index contributed by atoms with van der Waals surface area (Å²) in [5.41, 5.74) is 1.93. The van der Waals surface area contributed by atoms with Crippen LogP contribution in [-0.2, 0) is 4.79 Å². The number of anilines is 1. The number of hydrogen-bond acceptors (Lipinski definition) is 4. The first-order valence-electron chi connectivity index (χ1n) is 12.6. The van der Waals surface area contributed by atoms with E-state index in [4.69, 9.17) is 4.74 Å². The highest BCUT2D eigenvalue weighted by Crippen LogP contribution is 2.20. The van der Waals surface area contributed by atoms with Crippen molar-refractivity contribution in [1.29, 1.82) is 0 Å². The number of para-hydroxylation sites is 1. The lowest BCUT2D eigenvalue weighted by molar-refractivity contribution is -0.113. The van der Waals surface area contributed by atoms with E-state index in [1.54, 1.807) is 66.7 Å². The second-order valence-corrected chi connectivity index (χ2v) is 8.60. The molecule has 0 saturated carbocycles. The first-order valence-corrected chi connectivity index (χ1v) is 12.6. The molecule has 0 saturated heterocycles. The maximum absolute atomic E-state index is 14.3. The van der Waals surface area contributed by atoms with Gasteiger partial charge in [-0.1, -0.05) is 54.6 Å². The van der Waals surface area contributed by atoms with Crippen molar-refractivity contribution < 1.29 is 23.5 Å². The number of benzene rings is 4. The second kappa shape index (κ2) is 13.5. The number of rotatable bonds is 10. The molecule has 0 unspecified atom stereocenters. The van der Waals surface area contributed by atoms with Gasteiger partial charge in [0.2, 0.25) is 0 Å². The predicted octanol–water partition coefficient (Wildman–Crippen LogP) is 6.53. The molecule has 0 spiro atoms. The van der Waals surface area contributed by atoms with Gasteiger partial charge in [0.1, 0.15) is 17.3 Å². The fraction of sp³-hybridized carbons (Fsp3) is 0.0606. The minimum Gasteiger partial charge on any atom is -0.493 e. The molecule has 0 aliphatic rings. The Labute approximate surface area is 231 Å². The highest BCUT2D eigenvalue weighted by Gasteiger charge is 2.16. The van der Waals surface area contributed by atoms with Gasteiger partial charge in [-0.25, -0.2) is 4.39 Å². The van der Waals surface area contributed by atoms with Gasteiger partial charge in [0, 0.05) is 27.9 Å². The van der Waals surface area contributed by atoms with Crippen molar-refractivity contribution in [3.05, 3.63) is 143 Å². The number of nitrogens with one attached hydrogen (secondary N) is 2. The van der Waals surface area contributed by atoms with Crippen LogP contribution in [0.2, 0.25) is 0 Å². The van der Waals surface area contributed by atoms with Crippen LogP contribution in [0.1, 0.15) is 38.8 Å². The molecule has 4 rings (SSSR count). The van der Waals surface area contributed by atoms with Crippen LogP contribution in [0.25, 0.3) is 12.2 Å². The number of ketones is 1. The van der Waals surface area contributed by atoms with Crippen LogP contribution < -0.4 is 15.4 Å². The Morgan fingerprint density at radius 3 is 2.12 bits per heavy atom. The number of halogens is 1. The largest absolute Gasteiger partial charge is 0.493 e. The summed E-state index contributed by atoms with van der Waals surface area (Å²) >= 11 is 0. The fourth-order valence-electron chi connectivity index (χ4n) is 3.77. The molecule has 4 aromatic rings. The maximum atomic E-state index is 14.3. The van der Waals surface area contributed by atoms with E-state index >= 15 is 0 Å². The van der Waals surface area contributed by atoms with Crippen LogP contribution in [0.15, 0.2) is 115 Å². The summed E-state index contributed by atoms with van der Waals surface area (Å²) in [4.78, 5) is 38.6. The van der Waals surface area contributed by atoms with Gasteiger partial charge in [0.15, 0.2) is 5.78 Å². The molecule has 2 N–H and O–H groups in total. The van der Waals surface area contributed by atoms with Crippen molar-refractivity contribution in [2.75, 3.05) is 11.9 Å². The van der Waals surface area contributed by atoms with Crippen LogP contribution >= 0.6 is 0 Å². The van der Waals surface area contributed by atoms with Gasteiger partial charge in [-0.05, 0) is 73.7 Å². The molecule has 2 amide bonds. The summed E-state index contributed by atoms with van der Waals surface area (Å²) in [7, 11) is 0. The Kier molecular flexibility index (Phi) is 9.35. The number of ether oxygens (including phenoxy) is 1. The van der Waals surface area contributed by atoms with Crippen molar-refractivity contribution in [3.63, 3.8) is 0 Å². The molecule has 200 valence electrons. The van der Waals surface area contributed by atoms with Crippen LogP contribution in [0.3, 0.4) is 0 Å². The standard InChI is InChI=1S/C33H27FN2O4/c1-2-40-31-15-9-7-10-24(31)18-21-30(37)23-16-19-27(20-17-23)35-33(39)29(22-26-13-6-8-14-28(26)34)36-32(38)25-11-4-3-5-12-25/h3-22H,2H2,1H3,(H,35,39)(H,36,38)/b21-18+,29-22-. The molecule has 0 fully saturated rings. The monoisotopic (exact) mass is 534 g/mol. The van der Waals surface area contributed by atoms with Crippen LogP contribution in [-0.4, -0.2) is 24.2 Å². The third-order valence-corrected chi connectivity index (χ3v) is 5.79. The van der Waals surface area contributed by atoms with Crippen molar-refractivity contribution in [2.45, 2.75) is 6.92 Å². The highest BCUT2D eigenvalue weighted by molar-refractivity contribution is 6.11. The van der Waals surface area contributed by atoms with Gasteiger partial charge >= 0.3 is 0 Å². The van der Waals surface area contributed by atoms with E-state index in [1.807, 2.05) is 31.2 Å². The quantitative estimate of drug-likeness (QED) is 0.179. The van der Waals surface area contributed by atoms with Gasteiger partial charge in [-0.2, -0.15) is 0 Å². The zero-order chi connectivity index (χ0) is 28.3. The summed E-state index contributed by atoms with van der Waals surface area (Å²) in [6, 6.07) is 28.0. The number of carbonyl (C=O) groups excluding carboxylic acids is 3. The number of hydrogen-bond donors (Lipinski definition) is 2. The first kappa shape index (κ1) is 27.7. The average Bonchev–Trinajstić information content (AvgIpc) is 2.98. The summed E-state index contributed by atoms with van der Waals surface area (Å²) in [5, 5.41) is 5.27. The third-order valence-electron chi connectivity index (χ3n) is 5.79. The summed E-state index contributed by atoms with van der Waals surface area (Å²) in [6.45, 7) is 2.40. The zero-order valence-corrected chi connectivity index (χ0v) is 21.8. The normalized spacial score (nSPS) is 11.2. The van der Waals surface area contributed by atoms with Gasteiger partial charge in [-0.3, -0.25) is 14.4 Å². The minimum atomic E-state index is -0.654. The molecule has 0 aromatic heterocycles. The second-order valence-electron chi connectivity index (χ2n) is 8.60. The van der Waals surface area contributed by atoms with E-state index in [0.29, 0.717) is 29.2 Å². The lowest BCUT2D eigenvalue weighted by Crippen LogP contribution is -2.30. The van der Waals surface area contributed by atoms with E-state index in [2.05, 4.69) is 10.6 Å². The zero-order valence-electron chi connectivity index (χ0n) is 21.8. The highest BCUT2D eigenvalue weighted by atomic mass is 19.1. The molecule has 0 bridgehead atoms. The molecule has 7 heteroatoms. The number of amides is 2. The minimum absolute atomic E-state index is 0.139. The van der Waals surface area contributed by atoms with E-state index in [0.717, 1.165) is 5.56 Å². The number of allylic oxidation sites excluding steroid dienone is 1. The molecule has 4 aromatic carbocycles. The molecule has 0 radical (unpaired) electrons. The Hall–Kier alpha value is -5.30. The lowest BCUT2D eigenvalue weighted by Gasteiger charge is -2.12. The first-order chi connectivity index (χ1) is 19.4. The van der Waals surface area contributed by atoms with Crippen LogP contribution in [0.5, 0.6) is 5.75 Å². The van der Waals surface area contributed by atoms with Gasteiger partial charge in [-0.15, -0.1) is 0 Å². The lowest BCUT2D eigenvalue weighted by atomic mass is 10.1. The predicted molar refractivity (Wildman–Crippen MR) is 154 cm³/mol. The van der Waals surface area contributed by atoms with Gasteiger partial charge in [0.05, 0.1) is 6.61 Å². The Morgan fingerprint density at radius 2 is 1.43 bits per heavy atom. The van der Waals surface area contributed by atoms with Crippen LogP contribution in [0, 0.1) is 5.82 Å². The van der Waals surface area contributed by atoms with Crippen LogP contribution in [0.4, 0.5) is 10.1 Å². The molecular weight excluding hydrogens is 507 g/mol. The Bertz CT molecular complexity index is 1560. The summed E-state index contributed by atoms with van der Waals surface area (Å²) in [6.07, 6.45) is 4.42. The van der Waals surface area contributed by atoms with Gasteiger partial charge in [0.25, 0.3) is 11.8 Å². The smallest absolute Gasteiger partial charge is 0.272 e. The maximum Gasteiger partial charge on any atom is 0.272 e. The van der Waals surface area contributed by atoms with E-state index in [-0.39, 0.29) is 17.0 Å². The summed E-state index contributed by atoms with van der Waals surface area (Å²) < 4.78 is 19.9. The van der Waals surface area contributed by atoms with E-state index < -0.39 is 17.6 Å². The average molecular weight is 535 g/mol. The van der Waals surface area contributed by atoms with Crippen molar-refractivity contribution >= 4 is 35.4 Å². The molecule has 0 aliphatic heterocycles. The molecule has 0 atom stereocenters. The Balaban J connectivity index is 1.49. The van der Waals surface area contributed by atoms with Crippen molar-refractivity contribution in [1.82, 2.24) is 5.32 Å². The molecule has 6 nitrogen and oxygen atoms in total. The van der Waals surface area contributed by atoms with E-state index in [1.165, 1.54) is 30.4 Å². The molecule has 0 aliphatic carbocycles. The van der Waals surface area contributed by atoms with Crippen molar-refractivity contribution in [2.24, 2.45) is 0 Å². The summed E-state index contributed by atoms with van der Waals surface area (Å²) in [5.74, 6) is -1.25. The van der Waals surface area contributed by atoms with Gasteiger partial charge < -0.3 is 15.4 Å². The van der Waals surface area contributed by atoms with Crippen molar-refractivity contribution in [3.8, 4) is 5.75 Å².